The van der Waals surface area contributed by atoms with E-state index in [-0.39, 0.29) is 6.03 Å². The quantitative estimate of drug-likeness (QED) is 0.359. The van der Waals surface area contributed by atoms with Gasteiger partial charge in [0.25, 0.3) is 0 Å². The second kappa shape index (κ2) is 9.03. The van der Waals surface area contributed by atoms with Crippen LogP contribution in [0.5, 0.6) is 0 Å². The number of hydrogen-bond acceptors (Lipinski definition) is 4. The number of urea groups is 1. The molecule has 1 aliphatic heterocycles. The van der Waals surface area contributed by atoms with E-state index in [9.17, 15) is 4.79 Å². The first-order valence-corrected chi connectivity index (χ1v) is 12.7. The third-order valence-corrected chi connectivity index (χ3v) is 7.02. The van der Waals surface area contributed by atoms with Crippen LogP contribution in [0.25, 0.3) is 16.6 Å². The van der Waals surface area contributed by atoms with Crippen LogP contribution in [-0.4, -0.2) is 52.8 Å². The van der Waals surface area contributed by atoms with Gasteiger partial charge in [-0.1, -0.05) is 22.0 Å². The van der Waals surface area contributed by atoms with E-state index in [1.165, 1.54) is 0 Å². The van der Waals surface area contributed by atoms with E-state index in [4.69, 9.17) is 4.98 Å². The Balaban J connectivity index is 1.36. The molecule has 6 nitrogen and oxygen atoms in total. The lowest BCUT2D eigenvalue weighted by Crippen LogP contribution is -2.38. The topological polar surface area (TPSA) is 52.9 Å². The zero-order valence-electron chi connectivity index (χ0n) is 17.8. The highest BCUT2D eigenvalue weighted by atomic mass is 79.9. The van der Waals surface area contributed by atoms with Crippen LogP contribution in [0.2, 0.25) is 0 Å². The van der Waals surface area contributed by atoms with E-state index >= 15 is 0 Å². The summed E-state index contributed by atoms with van der Waals surface area (Å²) in [5, 5.41) is 3.05. The molecule has 1 saturated heterocycles. The summed E-state index contributed by atoms with van der Waals surface area (Å²) in [6.45, 7) is 2.98. The molecule has 0 bridgehead atoms. The number of hydrogen-bond donors (Lipinski definition) is 1. The van der Waals surface area contributed by atoms with Crippen LogP contribution >= 0.6 is 27.7 Å². The number of carbonyl (C=O) groups is 1. The number of anilines is 2. The predicted octanol–water partition coefficient (Wildman–Crippen LogP) is 5.72. The summed E-state index contributed by atoms with van der Waals surface area (Å²) in [5.41, 5.74) is 3.96. The van der Waals surface area contributed by atoms with Gasteiger partial charge in [-0.2, -0.15) is 0 Å². The molecule has 32 heavy (non-hydrogen) atoms. The smallest absolute Gasteiger partial charge is 0.321 e. The van der Waals surface area contributed by atoms with Crippen molar-refractivity contribution >= 4 is 61.8 Å². The van der Waals surface area contributed by atoms with Crippen LogP contribution in [0.1, 0.15) is 6.42 Å². The summed E-state index contributed by atoms with van der Waals surface area (Å²) in [7, 11) is 0. The molecule has 2 aromatic heterocycles. The largest absolute Gasteiger partial charge is 0.353 e. The van der Waals surface area contributed by atoms with Crippen LogP contribution < -0.4 is 10.2 Å². The molecule has 0 radical (unpaired) electrons. The Morgan fingerprint density at radius 2 is 1.94 bits per heavy atom. The number of nitrogens with zero attached hydrogens (tertiary/aromatic N) is 4. The Bertz CT molecular complexity index is 1290. The van der Waals surface area contributed by atoms with Crippen molar-refractivity contribution < 1.29 is 4.79 Å². The van der Waals surface area contributed by atoms with Crippen LogP contribution in [0.15, 0.2) is 70.2 Å². The standard InChI is InChI=1S/C24H24BrN5OS/c1-32-19-6-2-5-18(16-19)26-24(31)29-11-4-10-28(13-14-29)23-22-7-3-12-30(22)21-9-8-17(25)15-20(21)27-23/h2-3,5-9,12,15-16H,4,10-11,13-14H2,1H3,(H,26,31). The molecule has 0 atom stereocenters. The lowest BCUT2D eigenvalue weighted by molar-refractivity contribution is 0.215. The molecule has 1 aliphatic rings. The number of carbonyl (C=O) groups excluding carboxylic acids is 1. The number of benzene rings is 2. The Kier molecular flexibility index (Phi) is 5.97. The van der Waals surface area contributed by atoms with Crippen LogP contribution in [-0.2, 0) is 0 Å². The van der Waals surface area contributed by atoms with Crippen LogP contribution in [0, 0.1) is 0 Å². The normalized spacial score (nSPS) is 14.7. The summed E-state index contributed by atoms with van der Waals surface area (Å²) in [5.74, 6) is 0.968. The number of halogens is 1. The molecule has 0 unspecified atom stereocenters. The fraction of sp³-hybridized carbons (Fsp3) is 0.250. The number of fused-ring (bicyclic) bond motifs is 3. The minimum absolute atomic E-state index is 0.0478. The molecule has 1 N–H and O–H groups in total. The first-order chi connectivity index (χ1) is 15.6. The Morgan fingerprint density at radius 3 is 2.81 bits per heavy atom. The molecule has 164 valence electrons. The molecular formula is C24H24BrN5OS. The zero-order valence-corrected chi connectivity index (χ0v) is 20.2. The molecular weight excluding hydrogens is 486 g/mol. The van der Waals surface area contributed by atoms with E-state index in [0.717, 1.165) is 63.5 Å². The first kappa shape index (κ1) is 21.2. The fourth-order valence-corrected chi connectivity index (χ4v) is 5.01. The summed E-state index contributed by atoms with van der Waals surface area (Å²) in [4.78, 5) is 23.3. The maximum Gasteiger partial charge on any atom is 0.321 e. The number of aromatic nitrogens is 2. The van der Waals surface area contributed by atoms with Crippen LogP contribution in [0.4, 0.5) is 16.3 Å². The zero-order chi connectivity index (χ0) is 22.1. The van der Waals surface area contributed by atoms with Crippen molar-refractivity contribution in [1.29, 1.82) is 0 Å². The number of nitrogens with one attached hydrogen (secondary N) is 1. The molecule has 2 aromatic carbocycles. The van der Waals surface area contributed by atoms with E-state index < -0.39 is 0 Å². The van der Waals surface area contributed by atoms with Gasteiger partial charge in [0.15, 0.2) is 5.82 Å². The highest BCUT2D eigenvalue weighted by Crippen LogP contribution is 2.28. The SMILES string of the molecule is CSc1cccc(NC(=O)N2CCCN(c3nc4cc(Br)ccc4n4cccc34)CC2)c1. The van der Waals surface area contributed by atoms with Crippen molar-refractivity contribution in [2.75, 3.05) is 42.7 Å². The maximum atomic E-state index is 12.9. The average molecular weight is 510 g/mol. The lowest BCUT2D eigenvalue weighted by Gasteiger charge is -2.24. The Labute approximate surface area is 199 Å². The molecule has 1 fully saturated rings. The van der Waals surface area contributed by atoms with E-state index in [0.29, 0.717) is 6.54 Å². The van der Waals surface area contributed by atoms with E-state index in [2.05, 4.69) is 61.0 Å². The first-order valence-electron chi connectivity index (χ1n) is 10.6. The van der Waals surface area contributed by atoms with Gasteiger partial charge in [0.2, 0.25) is 0 Å². The van der Waals surface area contributed by atoms with Gasteiger partial charge in [-0.25, -0.2) is 9.78 Å². The van der Waals surface area contributed by atoms with Crippen molar-refractivity contribution in [3.63, 3.8) is 0 Å². The molecule has 0 spiro atoms. The highest BCUT2D eigenvalue weighted by Gasteiger charge is 2.22. The summed E-state index contributed by atoms with van der Waals surface area (Å²) in [6, 6.07) is 18.3. The third kappa shape index (κ3) is 4.17. The van der Waals surface area contributed by atoms with Crippen LogP contribution in [0.3, 0.4) is 0 Å². The Hall–Kier alpha value is -2.71. The molecule has 4 aromatic rings. The van der Waals surface area contributed by atoms with Gasteiger partial charge >= 0.3 is 6.03 Å². The van der Waals surface area contributed by atoms with Gasteiger partial charge < -0.3 is 19.5 Å². The van der Waals surface area contributed by atoms with Crippen molar-refractivity contribution in [3.8, 4) is 0 Å². The second-order valence-corrected chi connectivity index (χ2v) is 9.62. The summed E-state index contributed by atoms with van der Waals surface area (Å²) < 4.78 is 3.21. The molecule has 0 saturated carbocycles. The van der Waals surface area contributed by atoms with Gasteiger partial charge in [-0.15, -0.1) is 11.8 Å². The average Bonchev–Trinajstić information content (AvgIpc) is 3.16. The summed E-state index contributed by atoms with van der Waals surface area (Å²) in [6.07, 6.45) is 5.01. The minimum Gasteiger partial charge on any atom is -0.353 e. The van der Waals surface area contributed by atoms with Gasteiger partial charge in [0, 0.05) is 47.4 Å². The molecule has 0 aliphatic carbocycles. The van der Waals surface area contributed by atoms with E-state index in [1.54, 1.807) is 11.8 Å². The van der Waals surface area contributed by atoms with Crippen molar-refractivity contribution in [1.82, 2.24) is 14.3 Å². The van der Waals surface area contributed by atoms with Crippen molar-refractivity contribution in [2.24, 2.45) is 0 Å². The fourth-order valence-electron chi connectivity index (χ4n) is 4.20. The van der Waals surface area contributed by atoms with Crippen molar-refractivity contribution in [2.45, 2.75) is 11.3 Å². The maximum absolute atomic E-state index is 12.9. The molecule has 8 heteroatoms. The lowest BCUT2D eigenvalue weighted by atomic mass is 10.3. The molecule has 5 rings (SSSR count). The second-order valence-electron chi connectivity index (χ2n) is 7.82. The number of rotatable bonds is 3. The predicted molar refractivity (Wildman–Crippen MR) is 136 cm³/mol. The van der Waals surface area contributed by atoms with Gasteiger partial charge in [0.05, 0.1) is 16.6 Å². The highest BCUT2D eigenvalue weighted by molar-refractivity contribution is 9.10. The molecule has 2 amide bonds. The summed E-state index contributed by atoms with van der Waals surface area (Å²) >= 11 is 5.23. The van der Waals surface area contributed by atoms with Gasteiger partial charge in [-0.05, 0) is 61.2 Å². The van der Waals surface area contributed by atoms with Crippen molar-refractivity contribution in [3.05, 3.63) is 65.3 Å². The number of thioether (sulfide) groups is 1. The van der Waals surface area contributed by atoms with Gasteiger partial charge in [0.1, 0.15) is 0 Å². The van der Waals surface area contributed by atoms with E-state index in [1.807, 2.05) is 41.5 Å². The third-order valence-electron chi connectivity index (χ3n) is 5.80. The number of amides is 2. The molecule has 3 heterocycles. The minimum atomic E-state index is -0.0478. The Morgan fingerprint density at radius 1 is 1.03 bits per heavy atom. The monoisotopic (exact) mass is 509 g/mol. The van der Waals surface area contributed by atoms with Gasteiger partial charge in [-0.3, -0.25) is 0 Å².